The van der Waals surface area contributed by atoms with E-state index in [1.165, 1.54) is 17.7 Å². The number of anilines is 1. The first-order chi connectivity index (χ1) is 14.5. The highest BCUT2D eigenvalue weighted by Gasteiger charge is 2.51. The van der Waals surface area contributed by atoms with Gasteiger partial charge in [0.15, 0.2) is 11.5 Å². The van der Waals surface area contributed by atoms with E-state index in [0.717, 1.165) is 34.5 Å². The smallest absolute Gasteiger partial charge is 0.235 e. The third-order valence-corrected chi connectivity index (χ3v) is 5.86. The summed E-state index contributed by atoms with van der Waals surface area (Å²) in [4.78, 5) is 13.1. The molecule has 1 amide bonds. The van der Waals surface area contributed by atoms with Gasteiger partial charge in [-0.3, -0.25) is 4.79 Å². The van der Waals surface area contributed by atoms with E-state index in [0.29, 0.717) is 12.8 Å². The monoisotopic (exact) mass is 403 g/mol. The Hall–Kier alpha value is -3.47. The SMILES string of the molecule is CCc1ccc(NC(=O)C2(c3ccc(O)c(O)c3)CC2)cc1-c1ccc(OC)cc1. The van der Waals surface area contributed by atoms with E-state index >= 15 is 0 Å². The van der Waals surface area contributed by atoms with Gasteiger partial charge >= 0.3 is 0 Å². The van der Waals surface area contributed by atoms with Gasteiger partial charge in [-0.05, 0) is 77.9 Å². The van der Waals surface area contributed by atoms with Crippen molar-refractivity contribution in [2.75, 3.05) is 12.4 Å². The summed E-state index contributed by atoms with van der Waals surface area (Å²) in [5.74, 6) is 0.307. The third-order valence-electron chi connectivity index (χ3n) is 5.86. The number of benzene rings is 3. The minimum Gasteiger partial charge on any atom is -0.504 e. The van der Waals surface area contributed by atoms with Gasteiger partial charge in [0, 0.05) is 5.69 Å². The zero-order valence-corrected chi connectivity index (χ0v) is 17.1. The number of methoxy groups -OCH3 is 1. The zero-order valence-electron chi connectivity index (χ0n) is 17.1. The maximum absolute atomic E-state index is 13.1. The first-order valence-corrected chi connectivity index (χ1v) is 10.1. The van der Waals surface area contributed by atoms with Crippen molar-refractivity contribution in [1.82, 2.24) is 0 Å². The quantitative estimate of drug-likeness (QED) is 0.506. The molecule has 0 heterocycles. The van der Waals surface area contributed by atoms with Gasteiger partial charge in [-0.15, -0.1) is 0 Å². The van der Waals surface area contributed by atoms with Crippen molar-refractivity contribution in [3.05, 3.63) is 71.8 Å². The molecule has 4 rings (SSSR count). The molecule has 1 aliphatic rings. The Morgan fingerprint density at radius 2 is 1.73 bits per heavy atom. The number of hydrogen-bond acceptors (Lipinski definition) is 4. The van der Waals surface area contributed by atoms with Crippen molar-refractivity contribution in [3.8, 4) is 28.4 Å². The average Bonchev–Trinajstić information content (AvgIpc) is 3.58. The van der Waals surface area contributed by atoms with Crippen LogP contribution < -0.4 is 10.1 Å². The Balaban J connectivity index is 1.61. The second-order valence-corrected chi connectivity index (χ2v) is 7.69. The van der Waals surface area contributed by atoms with Crippen molar-refractivity contribution in [2.45, 2.75) is 31.6 Å². The second kappa shape index (κ2) is 7.75. The number of hydrogen-bond donors (Lipinski definition) is 3. The highest BCUT2D eigenvalue weighted by Crippen LogP contribution is 2.50. The fraction of sp³-hybridized carbons (Fsp3) is 0.240. The van der Waals surface area contributed by atoms with Gasteiger partial charge in [0.2, 0.25) is 5.91 Å². The van der Waals surface area contributed by atoms with Crippen molar-refractivity contribution in [2.24, 2.45) is 0 Å². The van der Waals surface area contributed by atoms with Gasteiger partial charge in [0.1, 0.15) is 5.75 Å². The summed E-state index contributed by atoms with van der Waals surface area (Å²) in [7, 11) is 1.64. The van der Waals surface area contributed by atoms with Crippen LogP contribution in [0, 0.1) is 0 Å². The van der Waals surface area contributed by atoms with Crippen molar-refractivity contribution >= 4 is 11.6 Å². The molecule has 1 saturated carbocycles. The summed E-state index contributed by atoms with van der Waals surface area (Å²) in [6, 6.07) is 18.5. The number of rotatable bonds is 6. The second-order valence-electron chi connectivity index (χ2n) is 7.69. The average molecular weight is 403 g/mol. The van der Waals surface area contributed by atoms with E-state index in [2.05, 4.69) is 12.2 Å². The van der Waals surface area contributed by atoms with Gasteiger partial charge in [0.25, 0.3) is 0 Å². The molecule has 30 heavy (non-hydrogen) atoms. The fourth-order valence-electron chi connectivity index (χ4n) is 3.85. The number of amides is 1. The molecular weight excluding hydrogens is 378 g/mol. The van der Waals surface area contributed by atoms with E-state index < -0.39 is 5.41 Å². The molecule has 0 bridgehead atoms. The minimum absolute atomic E-state index is 0.0995. The van der Waals surface area contributed by atoms with Crippen molar-refractivity contribution in [1.29, 1.82) is 0 Å². The molecule has 0 aliphatic heterocycles. The predicted molar refractivity (Wildman–Crippen MR) is 117 cm³/mol. The maximum atomic E-state index is 13.1. The normalized spacial score (nSPS) is 14.2. The molecule has 3 aromatic carbocycles. The molecule has 3 aromatic rings. The number of aryl methyl sites for hydroxylation is 1. The number of carbonyl (C=O) groups is 1. The van der Waals surface area contributed by atoms with Crippen LogP contribution in [0.1, 0.15) is 30.9 Å². The van der Waals surface area contributed by atoms with Crippen LogP contribution in [0.15, 0.2) is 60.7 Å². The predicted octanol–water partition coefficient (Wildman–Crippen LogP) is 5.01. The molecular formula is C25H25NO4. The summed E-state index contributed by atoms with van der Waals surface area (Å²) < 4.78 is 5.25. The Morgan fingerprint density at radius 1 is 1.00 bits per heavy atom. The Bertz CT molecular complexity index is 1080. The molecule has 1 aliphatic carbocycles. The summed E-state index contributed by atoms with van der Waals surface area (Å²) >= 11 is 0. The number of aromatic hydroxyl groups is 2. The summed E-state index contributed by atoms with van der Waals surface area (Å²) in [6.07, 6.45) is 2.30. The third kappa shape index (κ3) is 3.59. The summed E-state index contributed by atoms with van der Waals surface area (Å²) in [5, 5.41) is 22.4. The molecule has 0 unspecified atom stereocenters. The van der Waals surface area contributed by atoms with Gasteiger partial charge < -0.3 is 20.3 Å². The molecule has 154 valence electrons. The lowest BCUT2D eigenvalue weighted by atomic mass is 9.93. The molecule has 5 nitrogen and oxygen atoms in total. The van der Waals surface area contributed by atoms with Gasteiger partial charge in [-0.25, -0.2) is 0 Å². The number of carbonyl (C=O) groups excluding carboxylic acids is 1. The number of nitrogens with one attached hydrogen (secondary N) is 1. The minimum atomic E-state index is -0.658. The van der Waals surface area contributed by atoms with Crippen molar-refractivity contribution < 1.29 is 19.7 Å². The number of ether oxygens (including phenoxy) is 1. The topological polar surface area (TPSA) is 78.8 Å². The van der Waals surface area contributed by atoms with Crippen LogP contribution in [0.2, 0.25) is 0 Å². The van der Waals surface area contributed by atoms with Crippen molar-refractivity contribution in [3.63, 3.8) is 0 Å². The largest absolute Gasteiger partial charge is 0.504 e. The zero-order chi connectivity index (χ0) is 21.3. The van der Waals surface area contributed by atoms with Gasteiger partial charge in [-0.1, -0.05) is 31.2 Å². The van der Waals surface area contributed by atoms with Gasteiger partial charge in [-0.2, -0.15) is 0 Å². The number of phenolic OH excluding ortho intramolecular Hbond substituents is 2. The first-order valence-electron chi connectivity index (χ1n) is 10.1. The molecule has 5 heteroatoms. The van der Waals surface area contributed by atoms with Crippen LogP contribution in [-0.2, 0) is 16.6 Å². The van der Waals surface area contributed by atoms with Crippen LogP contribution in [0.5, 0.6) is 17.2 Å². The fourth-order valence-corrected chi connectivity index (χ4v) is 3.85. The van der Waals surface area contributed by atoms with Gasteiger partial charge in [0.05, 0.1) is 12.5 Å². The van der Waals surface area contributed by atoms with E-state index in [-0.39, 0.29) is 17.4 Å². The lowest BCUT2D eigenvalue weighted by Crippen LogP contribution is -2.27. The molecule has 0 aromatic heterocycles. The molecule has 0 radical (unpaired) electrons. The highest BCUT2D eigenvalue weighted by atomic mass is 16.5. The van der Waals surface area contributed by atoms with Crippen LogP contribution >= 0.6 is 0 Å². The summed E-state index contributed by atoms with van der Waals surface area (Å²) in [6.45, 7) is 2.11. The van der Waals surface area contributed by atoms with Crippen LogP contribution in [0.3, 0.4) is 0 Å². The Morgan fingerprint density at radius 3 is 2.33 bits per heavy atom. The van der Waals surface area contributed by atoms with Crippen LogP contribution in [-0.4, -0.2) is 23.2 Å². The molecule has 0 atom stereocenters. The van der Waals surface area contributed by atoms with Crippen LogP contribution in [0.25, 0.3) is 11.1 Å². The van der Waals surface area contributed by atoms with E-state index in [9.17, 15) is 15.0 Å². The van der Waals surface area contributed by atoms with E-state index in [1.807, 2.05) is 42.5 Å². The molecule has 0 spiro atoms. The molecule has 3 N–H and O–H groups in total. The first kappa shape index (κ1) is 19.8. The maximum Gasteiger partial charge on any atom is 0.235 e. The van der Waals surface area contributed by atoms with Crippen LogP contribution in [0.4, 0.5) is 5.69 Å². The molecule has 1 fully saturated rings. The molecule has 0 saturated heterocycles. The highest BCUT2D eigenvalue weighted by molar-refractivity contribution is 6.02. The summed E-state index contributed by atoms with van der Waals surface area (Å²) in [5.41, 5.74) is 4.13. The Labute approximate surface area is 176 Å². The Kier molecular flexibility index (Phi) is 5.12. The number of phenols is 2. The van der Waals surface area contributed by atoms with E-state index in [4.69, 9.17) is 4.74 Å². The standard InChI is InChI=1S/C25H25NO4/c1-3-16-4-8-19(15-21(16)17-5-9-20(30-2)10-6-17)26-24(29)25(12-13-25)18-7-11-22(27)23(28)14-18/h4-11,14-15,27-28H,3,12-13H2,1-2H3,(H,26,29). The lowest BCUT2D eigenvalue weighted by molar-refractivity contribution is -0.118. The van der Waals surface area contributed by atoms with E-state index in [1.54, 1.807) is 13.2 Å². The lowest BCUT2D eigenvalue weighted by Gasteiger charge is -2.18.